The third kappa shape index (κ3) is 7.98. The lowest BCUT2D eigenvalue weighted by Gasteiger charge is -2.40. The molecule has 266 valence electrons. The van der Waals surface area contributed by atoms with Crippen LogP contribution >= 0.6 is 0 Å². The Bertz CT molecular complexity index is 1740. The number of benzene rings is 2. The number of allylic oxidation sites excluding steroid dienone is 1. The Labute approximate surface area is 283 Å². The summed E-state index contributed by atoms with van der Waals surface area (Å²) in [4.78, 5) is 49.0. The highest BCUT2D eigenvalue weighted by Crippen LogP contribution is 2.41. The molecule has 3 heterocycles. The first-order valence-electron chi connectivity index (χ1n) is 15.2. The number of aromatic hydroxyl groups is 2. The van der Waals surface area contributed by atoms with Crippen molar-refractivity contribution in [2.45, 2.75) is 55.6 Å². The molecule has 3 aliphatic heterocycles. The van der Waals surface area contributed by atoms with E-state index in [9.17, 15) is 60.0 Å². The van der Waals surface area contributed by atoms with Gasteiger partial charge in [0.1, 0.15) is 54.6 Å². The van der Waals surface area contributed by atoms with Crippen LogP contribution in [0.25, 0.3) is 6.08 Å². The average Bonchev–Trinajstić information content (AvgIpc) is 3.43. The molecule has 0 aromatic heterocycles. The minimum absolute atomic E-state index is 0.0402. The second-order valence-corrected chi connectivity index (χ2v) is 11.7. The molecule has 1 saturated heterocycles. The largest absolute Gasteiger partial charge is 0.508 e. The number of phenols is 2. The first-order valence-corrected chi connectivity index (χ1v) is 15.2. The van der Waals surface area contributed by atoms with Gasteiger partial charge in [0.05, 0.1) is 0 Å². The van der Waals surface area contributed by atoms with Crippen molar-refractivity contribution >= 4 is 35.6 Å². The molecule has 0 amide bonds. The Balaban J connectivity index is 1.32. The van der Waals surface area contributed by atoms with Crippen LogP contribution in [0.15, 0.2) is 65.9 Å². The zero-order valence-electron chi connectivity index (χ0n) is 26.0. The van der Waals surface area contributed by atoms with Gasteiger partial charge in [0, 0.05) is 37.2 Å². The number of anilines is 1. The van der Waals surface area contributed by atoms with E-state index in [-0.39, 0.29) is 42.3 Å². The number of carboxylic acids is 3. The number of rotatable bonds is 11. The summed E-state index contributed by atoms with van der Waals surface area (Å²) in [5.41, 5.74) is 1.26. The zero-order valence-corrected chi connectivity index (χ0v) is 26.0. The monoisotopic (exact) mass is 698 g/mol. The number of ether oxygens (including phenoxy) is 3. The summed E-state index contributed by atoms with van der Waals surface area (Å²) in [7, 11) is 0. The number of phenolic OH excluding ortho intramolecular Hbond substituents is 2. The number of aliphatic hydroxyl groups excluding tert-OH is 3. The maximum Gasteiger partial charge on any atom is 0.351 e. The highest BCUT2D eigenvalue weighted by molar-refractivity contribution is 5.89. The van der Waals surface area contributed by atoms with Crippen molar-refractivity contribution in [1.29, 1.82) is 0 Å². The number of aliphatic carboxylic acids is 3. The summed E-state index contributed by atoms with van der Waals surface area (Å²) in [6.45, 7) is -0.680. The molecule has 0 aliphatic carbocycles. The minimum Gasteiger partial charge on any atom is -0.508 e. The van der Waals surface area contributed by atoms with Gasteiger partial charge in [-0.1, -0.05) is 18.2 Å². The Kier molecular flexibility index (Phi) is 10.6. The van der Waals surface area contributed by atoms with Crippen LogP contribution in [0.3, 0.4) is 0 Å². The fourth-order valence-electron chi connectivity index (χ4n) is 5.69. The lowest BCUT2D eigenvalue weighted by Crippen LogP contribution is -2.60. The highest BCUT2D eigenvalue weighted by atomic mass is 16.7. The summed E-state index contributed by atoms with van der Waals surface area (Å²) in [5.74, 6) is -5.42. The van der Waals surface area contributed by atoms with Gasteiger partial charge >= 0.3 is 23.9 Å². The number of carboxylic acid groups (broad SMARTS) is 3. The van der Waals surface area contributed by atoms with Crippen molar-refractivity contribution in [3.8, 4) is 17.2 Å². The molecular formula is C33H34N2O15. The summed E-state index contributed by atoms with van der Waals surface area (Å²) >= 11 is 0. The van der Waals surface area contributed by atoms with Gasteiger partial charge in [-0.15, -0.1) is 0 Å². The molecule has 0 radical (unpaired) electrons. The minimum atomic E-state index is -1.84. The van der Waals surface area contributed by atoms with Gasteiger partial charge in [-0.2, -0.15) is 0 Å². The molecule has 3 aliphatic rings. The molecule has 0 bridgehead atoms. The second kappa shape index (κ2) is 14.9. The smallest absolute Gasteiger partial charge is 0.351 e. The van der Waals surface area contributed by atoms with E-state index in [0.717, 1.165) is 6.08 Å². The Morgan fingerprint density at radius 3 is 2.32 bits per heavy atom. The Hall–Kier alpha value is -5.62. The highest BCUT2D eigenvalue weighted by Gasteiger charge is 2.46. The molecule has 1 fully saturated rings. The number of carbonyl (C=O) groups is 4. The number of nitrogens with one attached hydrogen (secondary N) is 1. The van der Waals surface area contributed by atoms with Crippen molar-refractivity contribution < 1.29 is 74.2 Å². The van der Waals surface area contributed by atoms with E-state index in [2.05, 4.69) is 5.32 Å². The molecule has 5 rings (SSSR count). The topological polar surface area (TPSA) is 273 Å². The molecule has 17 heteroatoms. The van der Waals surface area contributed by atoms with Crippen molar-refractivity contribution in [3.05, 3.63) is 77.0 Å². The normalized spacial score (nSPS) is 26.9. The van der Waals surface area contributed by atoms with Crippen LogP contribution in [0, 0.1) is 0 Å². The maximum absolute atomic E-state index is 12.3. The van der Waals surface area contributed by atoms with Crippen LogP contribution in [-0.2, 0) is 35.1 Å². The maximum atomic E-state index is 12.3. The Morgan fingerprint density at radius 1 is 0.940 bits per heavy atom. The van der Waals surface area contributed by atoms with Crippen LogP contribution < -0.4 is 15.0 Å². The van der Waals surface area contributed by atoms with E-state index < -0.39 is 79.0 Å². The van der Waals surface area contributed by atoms with Crippen molar-refractivity contribution in [3.63, 3.8) is 0 Å². The lowest BCUT2D eigenvalue weighted by molar-refractivity contribution is -0.278. The van der Waals surface area contributed by atoms with Crippen molar-refractivity contribution in [1.82, 2.24) is 5.32 Å². The van der Waals surface area contributed by atoms with Gasteiger partial charge in [0.2, 0.25) is 6.29 Å². The molecule has 50 heavy (non-hydrogen) atoms. The third-order valence-corrected chi connectivity index (χ3v) is 8.33. The predicted octanol–water partition coefficient (Wildman–Crippen LogP) is -0.302. The molecule has 7 atom stereocenters. The number of hydrogen-bond donors (Lipinski definition) is 9. The van der Waals surface area contributed by atoms with E-state index in [1.54, 1.807) is 12.1 Å². The lowest BCUT2D eigenvalue weighted by atomic mass is 9.99. The zero-order chi connectivity index (χ0) is 36.3. The van der Waals surface area contributed by atoms with Crippen LogP contribution in [0.1, 0.15) is 17.5 Å². The van der Waals surface area contributed by atoms with Crippen LogP contribution in [-0.4, -0.2) is 121 Å². The van der Waals surface area contributed by atoms with Gasteiger partial charge in [0.25, 0.3) is 0 Å². The molecule has 2 aromatic rings. The first-order chi connectivity index (χ1) is 23.7. The van der Waals surface area contributed by atoms with Gasteiger partial charge in [-0.05, 0) is 47.1 Å². The number of carbonyl (C=O) groups excluding carboxylic acids is 1. The fourth-order valence-corrected chi connectivity index (χ4v) is 5.69. The number of fused-ring (bicyclic) bond motifs is 1. The Morgan fingerprint density at radius 2 is 1.66 bits per heavy atom. The van der Waals surface area contributed by atoms with Gasteiger partial charge in [0.15, 0.2) is 11.5 Å². The molecule has 0 spiro atoms. The molecule has 0 saturated carbocycles. The first kappa shape index (κ1) is 35.7. The van der Waals surface area contributed by atoms with Gasteiger partial charge < -0.3 is 65.3 Å². The molecule has 0 unspecified atom stereocenters. The van der Waals surface area contributed by atoms with E-state index in [1.807, 2.05) is 0 Å². The molecule has 2 aromatic carbocycles. The molecular weight excluding hydrogens is 664 g/mol. The summed E-state index contributed by atoms with van der Waals surface area (Å²) in [5, 5.41) is 82.9. The summed E-state index contributed by atoms with van der Waals surface area (Å²) in [6, 6.07) is 6.13. The third-order valence-electron chi connectivity index (χ3n) is 8.33. The summed E-state index contributed by atoms with van der Waals surface area (Å²) < 4.78 is 16.4. The molecule has 9 N–H and O–H groups in total. The number of hydrogen-bond acceptors (Lipinski definition) is 14. The predicted molar refractivity (Wildman–Crippen MR) is 169 cm³/mol. The van der Waals surface area contributed by atoms with Crippen LogP contribution in [0.5, 0.6) is 17.2 Å². The van der Waals surface area contributed by atoms with Crippen LogP contribution in [0.2, 0.25) is 0 Å². The molecule has 17 nitrogen and oxygen atoms in total. The van der Waals surface area contributed by atoms with Gasteiger partial charge in [-0.3, -0.25) is 0 Å². The summed E-state index contributed by atoms with van der Waals surface area (Å²) in [6.07, 6.45) is -3.34. The standard InChI is InChI=1S/C33H34N2O15/c36-18-4-1-15(2-5-18)3-6-26(38)48-14-25-27(39)28(40)29(41)33(50-25)49-24-13-21-17(12-23(24)37)11-22(32(46)47)35(21)8-7-16-9-19(30(42)43)34-20(10-16)31(44)45/h1-7,9,12-13,20,22,25,27-29,33-34,36-37,39-41H,8,10-11,14H2,(H,42,43)(H,44,45)(H,46,47)/b6-3-,16-7+/t20-,22-,25-,27+,28-,29+,33-/m0/s1. The average molecular weight is 699 g/mol. The number of aliphatic hydroxyl groups is 3. The van der Waals surface area contributed by atoms with E-state index in [0.29, 0.717) is 16.7 Å². The SMILES string of the molecule is O=C(/C=C\c1ccc(O)cc1)OC[C@@H]1O[C@H](Oc2cc3c(cc2O)C[C@@H](C(=O)O)N3C/C=C2\C=C(C(=O)O)N[C@H](C(=O)O)C2)[C@H](O)[C@@H](O)[C@@H]1O. The number of esters is 1. The van der Waals surface area contributed by atoms with E-state index >= 15 is 0 Å². The quantitative estimate of drug-likeness (QED) is 0.108. The van der Waals surface area contributed by atoms with Crippen molar-refractivity contribution in [2.75, 3.05) is 18.1 Å². The van der Waals surface area contributed by atoms with E-state index in [1.165, 1.54) is 47.4 Å². The number of nitrogens with zero attached hydrogens (tertiary/aromatic N) is 1. The van der Waals surface area contributed by atoms with E-state index in [4.69, 9.17) is 14.2 Å². The van der Waals surface area contributed by atoms with Gasteiger partial charge in [-0.25, -0.2) is 19.2 Å². The van der Waals surface area contributed by atoms with Crippen molar-refractivity contribution in [2.24, 2.45) is 0 Å². The fraction of sp³-hybridized carbons (Fsp3) is 0.333. The second-order valence-electron chi connectivity index (χ2n) is 11.7. The van der Waals surface area contributed by atoms with Crippen LogP contribution in [0.4, 0.5) is 5.69 Å².